The summed E-state index contributed by atoms with van der Waals surface area (Å²) >= 11 is 0. The average molecular weight is 276 g/mol. The lowest BCUT2D eigenvalue weighted by atomic mass is 10.1. The summed E-state index contributed by atoms with van der Waals surface area (Å²) in [6, 6.07) is 0.461. The van der Waals surface area contributed by atoms with Crippen LogP contribution in [0.15, 0.2) is 0 Å². The van der Waals surface area contributed by atoms with Crippen LogP contribution in [0.5, 0.6) is 0 Å². The molecule has 108 valence electrons. The quantitative estimate of drug-likeness (QED) is 0.822. The molecule has 0 aliphatic carbocycles. The van der Waals surface area contributed by atoms with Gasteiger partial charge < -0.3 is 10.2 Å². The van der Waals surface area contributed by atoms with E-state index in [-0.39, 0.29) is 0 Å². The van der Waals surface area contributed by atoms with E-state index in [0.717, 1.165) is 25.9 Å². The molecule has 1 rings (SSSR count). The van der Waals surface area contributed by atoms with Crippen molar-refractivity contribution < 1.29 is 8.42 Å². The predicted molar refractivity (Wildman–Crippen MR) is 76.7 cm³/mol. The number of sulfone groups is 1. The number of hydrogen-bond donors (Lipinski definition) is 1. The highest BCUT2D eigenvalue weighted by Gasteiger charge is 2.30. The molecule has 0 amide bonds. The fraction of sp³-hybridized carbons (Fsp3) is 1.00. The second kappa shape index (κ2) is 6.35. The summed E-state index contributed by atoms with van der Waals surface area (Å²) in [7, 11) is -3.00. The van der Waals surface area contributed by atoms with Gasteiger partial charge in [-0.2, -0.15) is 0 Å². The minimum Gasteiger partial charge on any atom is -0.312 e. The molecule has 5 heteroatoms. The van der Waals surface area contributed by atoms with Gasteiger partial charge in [0, 0.05) is 18.8 Å². The molecule has 0 aromatic rings. The van der Waals surface area contributed by atoms with Gasteiger partial charge in [0.25, 0.3) is 0 Å². The number of nitrogens with zero attached hydrogens (tertiary/aromatic N) is 1. The minimum absolute atomic E-state index is 0.461. The van der Waals surface area contributed by atoms with E-state index in [0.29, 0.717) is 12.6 Å². The Morgan fingerprint density at radius 1 is 1.28 bits per heavy atom. The number of likely N-dealkylation sites (tertiary alicyclic amines) is 1. The molecule has 0 aromatic carbocycles. The zero-order chi connectivity index (χ0) is 13.8. The third-order valence-corrected chi connectivity index (χ3v) is 6.24. The van der Waals surface area contributed by atoms with Crippen LogP contribution in [-0.4, -0.2) is 56.5 Å². The van der Waals surface area contributed by atoms with Crippen molar-refractivity contribution in [1.29, 1.82) is 0 Å². The van der Waals surface area contributed by atoms with Crippen LogP contribution in [0.2, 0.25) is 0 Å². The molecule has 0 saturated carbocycles. The summed E-state index contributed by atoms with van der Waals surface area (Å²) in [4.78, 5) is 2.46. The summed E-state index contributed by atoms with van der Waals surface area (Å²) in [6.45, 7) is 9.73. The molecule has 1 saturated heterocycles. The first-order valence-electron chi connectivity index (χ1n) is 6.91. The van der Waals surface area contributed by atoms with Gasteiger partial charge >= 0.3 is 0 Å². The third kappa shape index (κ3) is 4.52. The Morgan fingerprint density at radius 2 is 1.94 bits per heavy atom. The highest BCUT2D eigenvalue weighted by Crippen LogP contribution is 2.16. The molecule has 0 spiro atoms. The Bertz CT molecular complexity index is 352. The lowest BCUT2D eigenvalue weighted by molar-refractivity contribution is 0.296. The SMILES string of the molecule is CCN1CCCC(NCC(C)(C)S(C)(=O)=O)CC1. The zero-order valence-electron chi connectivity index (χ0n) is 12.2. The third-order valence-electron chi connectivity index (χ3n) is 4.09. The lowest BCUT2D eigenvalue weighted by Gasteiger charge is -2.26. The van der Waals surface area contributed by atoms with Gasteiger partial charge in [-0.05, 0) is 52.7 Å². The van der Waals surface area contributed by atoms with Crippen molar-refractivity contribution in [1.82, 2.24) is 10.2 Å². The van der Waals surface area contributed by atoms with E-state index in [2.05, 4.69) is 17.1 Å². The standard InChI is InChI=1S/C13H28N2O2S/c1-5-15-9-6-7-12(8-10-15)14-11-13(2,3)18(4,16)17/h12,14H,5-11H2,1-4H3. The summed E-state index contributed by atoms with van der Waals surface area (Å²) in [6.07, 6.45) is 4.79. The largest absolute Gasteiger partial charge is 0.312 e. The molecule has 1 heterocycles. The van der Waals surface area contributed by atoms with Crippen LogP contribution in [-0.2, 0) is 9.84 Å². The van der Waals surface area contributed by atoms with E-state index >= 15 is 0 Å². The van der Waals surface area contributed by atoms with Crippen LogP contribution >= 0.6 is 0 Å². The molecule has 4 nitrogen and oxygen atoms in total. The lowest BCUT2D eigenvalue weighted by Crippen LogP contribution is -2.45. The Morgan fingerprint density at radius 3 is 2.50 bits per heavy atom. The monoisotopic (exact) mass is 276 g/mol. The van der Waals surface area contributed by atoms with Gasteiger partial charge in [-0.1, -0.05) is 6.92 Å². The van der Waals surface area contributed by atoms with Gasteiger partial charge in [-0.25, -0.2) is 8.42 Å². The van der Waals surface area contributed by atoms with Crippen LogP contribution in [0.4, 0.5) is 0 Å². The normalized spacial score (nSPS) is 23.9. The fourth-order valence-corrected chi connectivity index (χ4v) is 2.54. The first-order chi connectivity index (χ1) is 8.26. The molecule has 1 atom stereocenters. The maximum atomic E-state index is 11.6. The van der Waals surface area contributed by atoms with Crippen LogP contribution in [0.3, 0.4) is 0 Å². The van der Waals surface area contributed by atoms with Gasteiger partial charge in [0.2, 0.25) is 0 Å². The fourth-order valence-electron chi connectivity index (χ4n) is 2.20. The van der Waals surface area contributed by atoms with Crippen LogP contribution in [0.25, 0.3) is 0 Å². The number of rotatable bonds is 5. The first kappa shape index (κ1) is 15.9. The van der Waals surface area contributed by atoms with Crippen molar-refractivity contribution in [3.63, 3.8) is 0 Å². The topological polar surface area (TPSA) is 49.4 Å². The van der Waals surface area contributed by atoms with E-state index in [1.807, 2.05) is 0 Å². The number of hydrogen-bond acceptors (Lipinski definition) is 4. The van der Waals surface area contributed by atoms with Gasteiger partial charge in [0.15, 0.2) is 9.84 Å². The molecular formula is C13H28N2O2S. The Hall–Kier alpha value is -0.130. The maximum Gasteiger partial charge on any atom is 0.153 e. The molecule has 0 radical (unpaired) electrons. The summed E-state index contributed by atoms with van der Waals surface area (Å²) in [5.41, 5.74) is 0. The smallest absolute Gasteiger partial charge is 0.153 e. The van der Waals surface area contributed by atoms with Gasteiger partial charge in [-0.15, -0.1) is 0 Å². The van der Waals surface area contributed by atoms with Crippen molar-refractivity contribution in [2.24, 2.45) is 0 Å². The molecule has 1 unspecified atom stereocenters. The zero-order valence-corrected chi connectivity index (χ0v) is 13.0. The first-order valence-corrected chi connectivity index (χ1v) is 8.81. The van der Waals surface area contributed by atoms with Crippen molar-refractivity contribution in [3.05, 3.63) is 0 Å². The summed E-state index contributed by atoms with van der Waals surface area (Å²) in [5.74, 6) is 0. The number of nitrogens with one attached hydrogen (secondary N) is 1. The molecule has 1 N–H and O–H groups in total. The van der Waals surface area contributed by atoms with Gasteiger partial charge in [0.05, 0.1) is 4.75 Å². The molecule has 1 aliphatic heterocycles. The van der Waals surface area contributed by atoms with Gasteiger partial charge in [0.1, 0.15) is 0 Å². The summed E-state index contributed by atoms with van der Waals surface area (Å²) in [5, 5.41) is 3.45. The van der Waals surface area contributed by atoms with Crippen molar-refractivity contribution in [2.45, 2.75) is 50.8 Å². The Balaban J connectivity index is 2.44. The Labute approximate surface area is 112 Å². The minimum atomic E-state index is -3.00. The van der Waals surface area contributed by atoms with Crippen molar-refractivity contribution >= 4 is 9.84 Å². The highest BCUT2D eigenvalue weighted by molar-refractivity contribution is 7.92. The van der Waals surface area contributed by atoms with Gasteiger partial charge in [-0.3, -0.25) is 0 Å². The molecular weight excluding hydrogens is 248 g/mol. The molecule has 1 aliphatic rings. The average Bonchev–Trinajstić information content (AvgIpc) is 2.49. The second-order valence-electron chi connectivity index (χ2n) is 5.97. The molecule has 18 heavy (non-hydrogen) atoms. The predicted octanol–water partition coefficient (Wildman–Crippen LogP) is 1.27. The van der Waals surface area contributed by atoms with E-state index in [9.17, 15) is 8.42 Å². The van der Waals surface area contributed by atoms with Crippen molar-refractivity contribution in [2.75, 3.05) is 32.4 Å². The van der Waals surface area contributed by atoms with Crippen molar-refractivity contribution in [3.8, 4) is 0 Å². The second-order valence-corrected chi connectivity index (χ2v) is 8.62. The van der Waals surface area contributed by atoms with E-state index < -0.39 is 14.6 Å². The molecule has 0 bridgehead atoms. The Kier molecular flexibility index (Phi) is 5.62. The van der Waals surface area contributed by atoms with Crippen LogP contribution in [0.1, 0.15) is 40.0 Å². The summed E-state index contributed by atoms with van der Waals surface area (Å²) < 4.78 is 22.6. The van der Waals surface area contributed by atoms with Crippen LogP contribution in [0, 0.1) is 0 Å². The maximum absolute atomic E-state index is 11.6. The molecule has 1 fully saturated rings. The van der Waals surface area contributed by atoms with E-state index in [4.69, 9.17) is 0 Å². The van der Waals surface area contributed by atoms with E-state index in [1.54, 1.807) is 13.8 Å². The highest BCUT2D eigenvalue weighted by atomic mass is 32.2. The van der Waals surface area contributed by atoms with Crippen LogP contribution < -0.4 is 5.32 Å². The van der Waals surface area contributed by atoms with E-state index in [1.165, 1.54) is 19.2 Å². The molecule has 0 aromatic heterocycles.